The Morgan fingerprint density at radius 1 is 1.26 bits per heavy atom. The molecule has 0 aromatic heterocycles. The Bertz CT molecular complexity index is 454. The molecular weight excluding hydrogens is 244 g/mol. The third kappa shape index (κ3) is 3.34. The molecule has 4 nitrogen and oxygen atoms in total. The molecule has 0 amide bonds. The van der Waals surface area contributed by atoms with Gasteiger partial charge < -0.3 is 9.84 Å². The summed E-state index contributed by atoms with van der Waals surface area (Å²) >= 11 is 0. The highest BCUT2D eigenvalue weighted by Crippen LogP contribution is 2.37. The Kier molecular flexibility index (Phi) is 4.20. The minimum Gasteiger partial charge on any atom is -0.481 e. The minimum absolute atomic E-state index is 0.0735. The van der Waals surface area contributed by atoms with Gasteiger partial charge in [0.1, 0.15) is 6.61 Å². The molecule has 0 spiro atoms. The molecule has 19 heavy (non-hydrogen) atoms. The van der Waals surface area contributed by atoms with Crippen LogP contribution in [-0.4, -0.2) is 17.0 Å². The molecule has 0 bridgehead atoms. The van der Waals surface area contributed by atoms with Crippen LogP contribution in [0.2, 0.25) is 0 Å². The van der Waals surface area contributed by atoms with E-state index in [-0.39, 0.29) is 24.4 Å². The summed E-state index contributed by atoms with van der Waals surface area (Å²) < 4.78 is 5.28. The van der Waals surface area contributed by atoms with Crippen molar-refractivity contribution in [2.75, 3.05) is 0 Å². The number of aliphatic carboxylic acids is 1. The first-order valence-electron chi connectivity index (χ1n) is 6.51. The Labute approximate surface area is 112 Å². The zero-order chi connectivity index (χ0) is 13.8. The fourth-order valence-electron chi connectivity index (χ4n) is 2.61. The number of rotatable bonds is 4. The molecule has 1 aromatic rings. The molecular formula is C15H18O4. The molecule has 3 unspecified atom stereocenters. The van der Waals surface area contributed by atoms with Crippen LogP contribution in [0.25, 0.3) is 0 Å². The predicted octanol–water partition coefficient (Wildman–Crippen LogP) is 2.48. The second-order valence-corrected chi connectivity index (χ2v) is 5.18. The standard InChI is InChI=1S/C15H18O4/c1-10-7-12(14(16)17)8-13(10)15(18)19-9-11-5-3-2-4-6-11/h2-6,10,12-13H,7-9H2,1H3,(H,16,17). The van der Waals surface area contributed by atoms with Crippen LogP contribution in [0.4, 0.5) is 0 Å². The van der Waals surface area contributed by atoms with Crippen molar-refractivity contribution in [2.24, 2.45) is 17.8 Å². The van der Waals surface area contributed by atoms with Gasteiger partial charge in [-0.1, -0.05) is 37.3 Å². The van der Waals surface area contributed by atoms with Gasteiger partial charge in [0.25, 0.3) is 0 Å². The van der Waals surface area contributed by atoms with E-state index < -0.39 is 11.9 Å². The van der Waals surface area contributed by atoms with Crippen molar-refractivity contribution in [3.63, 3.8) is 0 Å². The van der Waals surface area contributed by atoms with Gasteiger partial charge in [-0.25, -0.2) is 0 Å². The maximum Gasteiger partial charge on any atom is 0.309 e. The summed E-state index contributed by atoms with van der Waals surface area (Å²) in [6.45, 7) is 2.16. The van der Waals surface area contributed by atoms with Gasteiger partial charge in [-0.3, -0.25) is 9.59 Å². The topological polar surface area (TPSA) is 63.6 Å². The van der Waals surface area contributed by atoms with E-state index in [0.29, 0.717) is 12.8 Å². The summed E-state index contributed by atoms with van der Waals surface area (Å²) in [6, 6.07) is 9.47. The first-order chi connectivity index (χ1) is 9.08. The van der Waals surface area contributed by atoms with Crippen LogP contribution in [0.3, 0.4) is 0 Å². The summed E-state index contributed by atoms with van der Waals surface area (Å²) in [5.41, 5.74) is 0.941. The number of carboxylic acids is 1. The van der Waals surface area contributed by atoms with Gasteiger partial charge in [-0.15, -0.1) is 0 Å². The Morgan fingerprint density at radius 2 is 1.95 bits per heavy atom. The lowest BCUT2D eigenvalue weighted by Gasteiger charge is -2.14. The molecule has 2 rings (SSSR count). The maximum absolute atomic E-state index is 12.0. The zero-order valence-corrected chi connectivity index (χ0v) is 10.9. The molecule has 1 N–H and O–H groups in total. The molecule has 0 heterocycles. The van der Waals surface area contributed by atoms with E-state index in [9.17, 15) is 9.59 Å². The summed E-state index contributed by atoms with van der Waals surface area (Å²) in [7, 11) is 0. The van der Waals surface area contributed by atoms with Gasteiger partial charge in [0.2, 0.25) is 0 Å². The second-order valence-electron chi connectivity index (χ2n) is 5.18. The highest BCUT2D eigenvalue weighted by Gasteiger charge is 2.40. The van der Waals surface area contributed by atoms with Crippen molar-refractivity contribution in [1.82, 2.24) is 0 Å². The van der Waals surface area contributed by atoms with E-state index >= 15 is 0 Å². The molecule has 4 heteroatoms. The number of carboxylic acid groups (broad SMARTS) is 1. The van der Waals surface area contributed by atoms with Crippen LogP contribution in [0.5, 0.6) is 0 Å². The van der Waals surface area contributed by atoms with Gasteiger partial charge in [0.05, 0.1) is 11.8 Å². The lowest BCUT2D eigenvalue weighted by Crippen LogP contribution is -2.20. The molecule has 3 atom stereocenters. The second kappa shape index (κ2) is 5.87. The maximum atomic E-state index is 12.0. The van der Waals surface area contributed by atoms with Crippen LogP contribution in [0.15, 0.2) is 30.3 Å². The first kappa shape index (κ1) is 13.6. The third-order valence-corrected chi connectivity index (χ3v) is 3.76. The van der Waals surface area contributed by atoms with Crippen molar-refractivity contribution >= 4 is 11.9 Å². The fraction of sp³-hybridized carbons (Fsp3) is 0.467. The Morgan fingerprint density at radius 3 is 2.53 bits per heavy atom. The van der Waals surface area contributed by atoms with Crippen molar-refractivity contribution in [3.8, 4) is 0 Å². The highest BCUT2D eigenvalue weighted by molar-refractivity contribution is 5.76. The molecule has 1 fully saturated rings. The van der Waals surface area contributed by atoms with Crippen LogP contribution in [0, 0.1) is 17.8 Å². The van der Waals surface area contributed by atoms with Crippen LogP contribution >= 0.6 is 0 Å². The molecule has 1 aliphatic rings. The number of ether oxygens (including phenoxy) is 1. The zero-order valence-electron chi connectivity index (χ0n) is 10.9. The minimum atomic E-state index is -0.815. The lowest BCUT2D eigenvalue weighted by molar-refractivity contribution is -0.151. The lowest BCUT2D eigenvalue weighted by atomic mass is 9.98. The van der Waals surface area contributed by atoms with E-state index in [2.05, 4.69) is 0 Å². The quantitative estimate of drug-likeness (QED) is 0.847. The first-order valence-corrected chi connectivity index (χ1v) is 6.51. The van der Waals surface area contributed by atoms with Gasteiger partial charge in [-0.2, -0.15) is 0 Å². The number of hydrogen-bond donors (Lipinski definition) is 1. The summed E-state index contributed by atoms with van der Waals surface area (Å²) in [6.07, 6.45) is 0.949. The van der Waals surface area contributed by atoms with Crippen molar-refractivity contribution in [2.45, 2.75) is 26.4 Å². The van der Waals surface area contributed by atoms with Gasteiger partial charge in [0.15, 0.2) is 0 Å². The molecule has 1 aliphatic carbocycles. The van der Waals surface area contributed by atoms with Gasteiger partial charge >= 0.3 is 11.9 Å². The van der Waals surface area contributed by atoms with Crippen molar-refractivity contribution in [3.05, 3.63) is 35.9 Å². The van der Waals surface area contributed by atoms with Gasteiger partial charge in [0, 0.05) is 0 Å². The van der Waals surface area contributed by atoms with E-state index in [1.807, 2.05) is 37.3 Å². The number of hydrogen-bond acceptors (Lipinski definition) is 3. The molecule has 0 radical (unpaired) electrons. The third-order valence-electron chi connectivity index (χ3n) is 3.76. The number of carbonyl (C=O) groups is 2. The van der Waals surface area contributed by atoms with E-state index in [1.54, 1.807) is 0 Å². The number of esters is 1. The molecule has 0 aliphatic heterocycles. The van der Waals surface area contributed by atoms with Crippen molar-refractivity contribution < 1.29 is 19.4 Å². The SMILES string of the molecule is CC1CC(C(=O)O)CC1C(=O)OCc1ccccc1. The summed E-state index contributed by atoms with van der Waals surface area (Å²) in [4.78, 5) is 22.9. The highest BCUT2D eigenvalue weighted by atomic mass is 16.5. The summed E-state index contributed by atoms with van der Waals surface area (Å²) in [5.74, 6) is -1.72. The molecule has 102 valence electrons. The van der Waals surface area contributed by atoms with Crippen molar-refractivity contribution in [1.29, 1.82) is 0 Å². The average Bonchev–Trinajstić information content (AvgIpc) is 2.80. The Hall–Kier alpha value is -1.84. The predicted molar refractivity (Wildman–Crippen MR) is 69.3 cm³/mol. The fourth-order valence-corrected chi connectivity index (χ4v) is 2.61. The van der Waals surface area contributed by atoms with Gasteiger partial charge in [-0.05, 0) is 24.3 Å². The largest absolute Gasteiger partial charge is 0.481 e. The monoisotopic (exact) mass is 262 g/mol. The molecule has 1 aromatic carbocycles. The Balaban J connectivity index is 1.88. The normalized spacial score (nSPS) is 26.1. The summed E-state index contributed by atoms with van der Waals surface area (Å²) in [5, 5.41) is 8.99. The molecule has 1 saturated carbocycles. The van der Waals surface area contributed by atoms with Crippen LogP contribution < -0.4 is 0 Å². The van der Waals surface area contributed by atoms with E-state index in [0.717, 1.165) is 5.56 Å². The average molecular weight is 262 g/mol. The van der Waals surface area contributed by atoms with E-state index in [4.69, 9.17) is 9.84 Å². The van der Waals surface area contributed by atoms with Crippen LogP contribution in [-0.2, 0) is 20.9 Å². The number of benzene rings is 1. The van der Waals surface area contributed by atoms with E-state index in [1.165, 1.54) is 0 Å². The molecule has 0 saturated heterocycles. The number of carbonyl (C=O) groups excluding carboxylic acids is 1. The van der Waals surface area contributed by atoms with Crippen LogP contribution in [0.1, 0.15) is 25.3 Å². The smallest absolute Gasteiger partial charge is 0.309 e.